The van der Waals surface area contributed by atoms with Crippen LogP contribution in [0.4, 0.5) is 5.69 Å². The molecule has 18 heavy (non-hydrogen) atoms. The zero-order valence-corrected chi connectivity index (χ0v) is 11.0. The van der Waals surface area contributed by atoms with Crippen molar-refractivity contribution in [1.29, 1.82) is 0 Å². The van der Waals surface area contributed by atoms with Gasteiger partial charge in [0.2, 0.25) is 5.91 Å². The van der Waals surface area contributed by atoms with Crippen molar-refractivity contribution < 1.29 is 14.7 Å². The molecule has 0 saturated carbocycles. The zero-order valence-electron chi connectivity index (χ0n) is 10.2. The summed E-state index contributed by atoms with van der Waals surface area (Å²) in [5, 5.41) is 11.6. The molecule has 0 aliphatic carbocycles. The Hall–Kier alpha value is -1.55. The maximum absolute atomic E-state index is 11.5. The summed E-state index contributed by atoms with van der Waals surface area (Å²) in [6.45, 7) is 2.07. The topological polar surface area (TPSA) is 66.4 Å². The molecular weight excluding hydrogens is 254 g/mol. The molecule has 5 heteroatoms. The second kappa shape index (κ2) is 7.01. The summed E-state index contributed by atoms with van der Waals surface area (Å²) in [5.41, 5.74) is 0.548. The summed E-state index contributed by atoms with van der Waals surface area (Å²) < 4.78 is 0. The molecule has 0 aromatic heterocycles. The molecule has 0 spiro atoms. The van der Waals surface area contributed by atoms with E-state index in [1.54, 1.807) is 0 Å². The molecule has 1 aromatic carbocycles. The van der Waals surface area contributed by atoms with E-state index in [1.807, 2.05) is 0 Å². The molecule has 0 bridgehead atoms. The van der Waals surface area contributed by atoms with Gasteiger partial charge in [-0.25, -0.2) is 4.79 Å². The lowest BCUT2D eigenvalue weighted by atomic mass is 10.2. The fourth-order valence-corrected chi connectivity index (χ4v) is 1.79. The molecule has 0 aliphatic rings. The van der Waals surface area contributed by atoms with E-state index < -0.39 is 5.97 Å². The number of nitrogens with one attached hydrogen (secondary N) is 1. The van der Waals surface area contributed by atoms with Crippen molar-refractivity contribution in [3.63, 3.8) is 0 Å². The van der Waals surface area contributed by atoms with E-state index >= 15 is 0 Å². The molecule has 0 heterocycles. The lowest BCUT2D eigenvalue weighted by molar-refractivity contribution is -0.116. The molecular formula is C13H16ClNO3. The van der Waals surface area contributed by atoms with Crippen molar-refractivity contribution in [2.45, 2.75) is 32.6 Å². The summed E-state index contributed by atoms with van der Waals surface area (Å²) >= 11 is 5.80. The lowest BCUT2D eigenvalue weighted by Crippen LogP contribution is -2.11. The first-order valence-corrected chi connectivity index (χ1v) is 6.25. The smallest absolute Gasteiger partial charge is 0.337 e. The predicted octanol–water partition coefficient (Wildman–Crippen LogP) is 3.56. The number of rotatable bonds is 6. The second-order valence-corrected chi connectivity index (χ2v) is 4.41. The van der Waals surface area contributed by atoms with E-state index in [4.69, 9.17) is 16.7 Å². The first-order chi connectivity index (χ1) is 8.54. The highest BCUT2D eigenvalue weighted by Gasteiger charge is 2.10. The van der Waals surface area contributed by atoms with Crippen molar-refractivity contribution in [2.24, 2.45) is 0 Å². The van der Waals surface area contributed by atoms with Crippen LogP contribution in [0.15, 0.2) is 18.2 Å². The Morgan fingerprint density at radius 1 is 1.33 bits per heavy atom. The Labute approximate surface area is 111 Å². The third-order valence-corrected chi connectivity index (χ3v) is 2.80. The van der Waals surface area contributed by atoms with Gasteiger partial charge in [-0.15, -0.1) is 0 Å². The summed E-state index contributed by atoms with van der Waals surface area (Å²) in [4.78, 5) is 22.3. The molecule has 0 fully saturated rings. The minimum absolute atomic E-state index is 0.0284. The minimum Gasteiger partial charge on any atom is -0.478 e. The molecule has 1 rings (SSSR count). The number of amides is 1. The zero-order chi connectivity index (χ0) is 13.5. The van der Waals surface area contributed by atoms with Crippen LogP contribution in [0.5, 0.6) is 0 Å². The highest BCUT2D eigenvalue weighted by atomic mass is 35.5. The maximum Gasteiger partial charge on any atom is 0.337 e. The number of benzene rings is 1. The van der Waals surface area contributed by atoms with E-state index in [-0.39, 0.29) is 16.5 Å². The van der Waals surface area contributed by atoms with Crippen molar-refractivity contribution >= 4 is 29.2 Å². The summed E-state index contributed by atoms with van der Waals surface area (Å²) in [7, 11) is 0. The number of hydrogen-bond acceptors (Lipinski definition) is 2. The molecule has 98 valence electrons. The Morgan fingerprint density at radius 2 is 2.06 bits per heavy atom. The molecule has 0 radical (unpaired) electrons. The van der Waals surface area contributed by atoms with Gasteiger partial charge in [0.05, 0.1) is 10.6 Å². The third kappa shape index (κ3) is 4.37. The number of carboxylic acids is 1. The van der Waals surface area contributed by atoms with Crippen molar-refractivity contribution in [3.05, 3.63) is 28.8 Å². The quantitative estimate of drug-likeness (QED) is 0.776. The first-order valence-electron chi connectivity index (χ1n) is 5.87. The molecule has 0 unspecified atom stereocenters. The van der Waals surface area contributed by atoms with Crippen LogP contribution in [-0.4, -0.2) is 17.0 Å². The minimum atomic E-state index is -1.08. The standard InChI is InChI=1S/C13H16ClNO3/c1-2-3-4-5-12(16)15-9-6-7-10(13(17)18)11(14)8-9/h6-8H,2-5H2,1H3,(H,15,16)(H,17,18). The van der Waals surface area contributed by atoms with Gasteiger partial charge in [-0.05, 0) is 24.6 Å². The lowest BCUT2D eigenvalue weighted by Gasteiger charge is -2.06. The average Bonchev–Trinajstić information content (AvgIpc) is 2.28. The number of halogens is 1. The van der Waals surface area contributed by atoms with Crippen LogP contribution in [-0.2, 0) is 4.79 Å². The van der Waals surface area contributed by atoms with Crippen LogP contribution in [0, 0.1) is 0 Å². The van der Waals surface area contributed by atoms with E-state index in [0.717, 1.165) is 19.3 Å². The number of carbonyl (C=O) groups excluding carboxylic acids is 1. The Morgan fingerprint density at radius 3 is 2.61 bits per heavy atom. The van der Waals surface area contributed by atoms with Gasteiger partial charge in [0, 0.05) is 12.1 Å². The first kappa shape index (κ1) is 14.5. The summed E-state index contributed by atoms with van der Waals surface area (Å²) in [6, 6.07) is 4.36. The average molecular weight is 270 g/mol. The molecule has 4 nitrogen and oxygen atoms in total. The number of unbranched alkanes of at least 4 members (excludes halogenated alkanes) is 2. The highest BCUT2D eigenvalue weighted by Crippen LogP contribution is 2.21. The predicted molar refractivity (Wildman–Crippen MR) is 71.2 cm³/mol. The van der Waals surface area contributed by atoms with Gasteiger partial charge >= 0.3 is 5.97 Å². The van der Waals surface area contributed by atoms with Crippen LogP contribution in [0.1, 0.15) is 43.0 Å². The number of hydrogen-bond donors (Lipinski definition) is 2. The van der Waals surface area contributed by atoms with Crippen LogP contribution in [0.25, 0.3) is 0 Å². The number of carboxylic acid groups (broad SMARTS) is 1. The monoisotopic (exact) mass is 269 g/mol. The summed E-state index contributed by atoms with van der Waals surface area (Å²) in [6.07, 6.45) is 3.40. The van der Waals surface area contributed by atoms with E-state index in [2.05, 4.69) is 12.2 Å². The fraction of sp³-hybridized carbons (Fsp3) is 0.385. The van der Waals surface area contributed by atoms with Crippen molar-refractivity contribution in [1.82, 2.24) is 0 Å². The van der Waals surface area contributed by atoms with Crippen LogP contribution >= 0.6 is 11.6 Å². The van der Waals surface area contributed by atoms with Crippen LogP contribution in [0.3, 0.4) is 0 Å². The molecule has 0 aliphatic heterocycles. The van der Waals surface area contributed by atoms with Gasteiger partial charge in [0.15, 0.2) is 0 Å². The Bertz CT molecular complexity index is 446. The van der Waals surface area contributed by atoms with Crippen molar-refractivity contribution in [3.8, 4) is 0 Å². The number of anilines is 1. The Kier molecular flexibility index (Phi) is 5.65. The molecule has 1 aromatic rings. The molecule has 0 atom stereocenters. The van der Waals surface area contributed by atoms with Gasteiger partial charge < -0.3 is 10.4 Å². The van der Waals surface area contributed by atoms with Crippen molar-refractivity contribution in [2.75, 3.05) is 5.32 Å². The van der Waals surface area contributed by atoms with E-state index in [0.29, 0.717) is 12.1 Å². The Balaban J connectivity index is 2.60. The van der Waals surface area contributed by atoms with Gasteiger partial charge in [-0.2, -0.15) is 0 Å². The van der Waals surface area contributed by atoms with Crippen LogP contribution < -0.4 is 5.32 Å². The van der Waals surface area contributed by atoms with Crippen LogP contribution in [0.2, 0.25) is 5.02 Å². The van der Waals surface area contributed by atoms with Gasteiger partial charge in [-0.1, -0.05) is 31.4 Å². The molecule has 0 saturated heterocycles. The molecule has 1 amide bonds. The third-order valence-electron chi connectivity index (χ3n) is 2.49. The fourth-order valence-electron chi connectivity index (χ4n) is 1.53. The van der Waals surface area contributed by atoms with Gasteiger partial charge in [0.1, 0.15) is 0 Å². The van der Waals surface area contributed by atoms with Gasteiger partial charge in [0.25, 0.3) is 0 Å². The highest BCUT2D eigenvalue weighted by molar-refractivity contribution is 6.33. The van der Waals surface area contributed by atoms with Gasteiger partial charge in [-0.3, -0.25) is 4.79 Å². The maximum atomic E-state index is 11.5. The number of carbonyl (C=O) groups is 2. The van der Waals surface area contributed by atoms with E-state index in [9.17, 15) is 9.59 Å². The second-order valence-electron chi connectivity index (χ2n) is 4.01. The van der Waals surface area contributed by atoms with E-state index in [1.165, 1.54) is 18.2 Å². The normalized spacial score (nSPS) is 10.1. The molecule has 2 N–H and O–H groups in total. The SMILES string of the molecule is CCCCCC(=O)Nc1ccc(C(=O)O)c(Cl)c1. The largest absolute Gasteiger partial charge is 0.478 e. The number of aromatic carboxylic acids is 1. The summed E-state index contributed by atoms with van der Waals surface area (Å²) in [5.74, 6) is -1.16.